The molecule has 0 spiro atoms. The Hall–Kier alpha value is -1.38. The summed E-state index contributed by atoms with van der Waals surface area (Å²) in [6.45, 7) is 3.98. The SMILES string of the molecule is CC(C)c1cc(N)c(O)c(O)c1. The van der Waals surface area contributed by atoms with E-state index in [4.69, 9.17) is 10.8 Å². The van der Waals surface area contributed by atoms with Gasteiger partial charge in [0.2, 0.25) is 0 Å². The molecule has 12 heavy (non-hydrogen) atoms. The van der Waals surface area contributed by atoms with Crippen molar-refractivity contribution in [2.45, 2.75) is 19.8 Å². The van der Waals surface area contributed by atoms with Crippen LogP contribution in [0.4, 0.5) is 5.69 Å². The van der Waals surface area contributed by atoms with Crippen molar-refractivity contribution in [1.82, 2.24) is 0 Å². The van der Waals surface area contributed by atoms with Crippen molar-refractivity contribution < 1.29 is 10.2 Å². The molecule has 0 aromatic heterocycles. The predicted octanol–water partition coefficient (Wildman–Crippen LogP) is 1.80. The first-order valence-corrected chi connectivity index (χ1v) is 3.83. The van der Waals surface area contributed by atoms with Gasteiger partial charge in [0.25, 0.3) is 0 Å². The maximum absolute atomic E-state index is 9.20. The summed E-state index contributed by atoms with van der Waals surface area (Å²) in [5, 5.41) is 18.3. The molecule has 0 saturated carbocycles. The Balaban J connectivity index is 3.21. The first kappa shape index (κ1) is 8.71. The van der Waals surface area contributed by atoms with Crippen LogP contribution in [-0.2, 0) is 0 Å². The number of anilines is 1. The van der Waals surface area contributed by atoms with Crippen LogP contribution < -0.4 is 5.73 Å². The zero-order valence-electron chi connectivity index (χ0n) is 7.20. The van der Waals surface area contributed by atoms with Gasteiger partial charge in [0.1, 0.15) is 0 Å². The molecule has 0 amide bonds. The van der Waals surface area contributed by atoms with Crippen LogP contribution in [0.1, 0.15) is 25.3 Å². The second-order valence-corrected chi connectivity index (χ2v) is 3.13. The second kappa shape index (κ2) is 2.93. The molecule has 3 nitrogen and oxygen atoms in total. The number of hydrogen-bond acceptors (Lipinski definition) is 3. The Labute approximate surface area is 71.5 Å². The molecular formula is C9H13NO2. The van der Waals surface area contributed by atoms with Crippen molar-refractivity contribution in [3.05, 3.63) is 17.7 Å². The van der Waals surface area contributed by atoms with Gasteiger partial charge in [-0.3, -0.25) is 0 Å². The lowest BCUT2D eigenvalue weighted by atomic mass is 10.0. The number of nitrogens with two attached hydrogens (primary N) is 1. The van der Waals surface area contributed by atoms with E-state index in [1.807, 2.05) is 13.8 Å². The Morgan fingerprint density at radius 1 is 1.25 bits per heavy atom. The summed E-state index contributed by atoms with van der Waals surface area (Å²) in [5.74, 6) is -0.100. The topological polar surface area (TPSA) is 66.5 Å². The molecule has 0 aliphatic heterocycles. The van der Waals surface area contributed by atoms with Crippen LogP contribution in [-0.4, -0.2) is 10.2 Å². The minimum atomic E-state index is -0.237. The largest absolute Gasteiger partial charge is 0.504 e. The molecule has 3 heteroatoms. The first-order valence-electron chi connectivity index (χ1n) is 3.83. The van der Waals surface area contributed by atoms with Crippen molar-refractivity contribution in [2.75, 3.05) is 5.73 Å². The fraction of sp³-hybridized carbons (Fsp3) is 0.333. The Morgan fingerprint density at radius 2 is 1.83 bits per heavy atom. The standard InChI is InChI=1S/C9H13NO2/c1-5(2)6-3-7(10)9(12)8(11)4-6/h3-5,11-12H,10H2,1-2H3. The number of rotatable bonds is 1. The average Bonchev–Trinajstić information content (AvgIpc) is 1.99. The molecule has 0 heterocycles. The molecule has 66 valence electrons. The summed E-state index contributed by atoms with van der Waals surface area (Å²) in [7, 11) is 0. The van der Waals surface area contributed by atoms with Gasteiger partial charge in [-0.1, -0.05) is 13.8 Å². The third-order valence-electron chi connectivity index (χ3n) is 1.81. The minimum Gasteiger partial charge on any atom is -0.504 e. The average molecular weight is 167 g/mol. The third-order valence-corrected chi connectivity index (χ3v) is 1.81. The van der Waals surface area contributed by atoms with E-state index < -0.39 is 0 Å². The summed E-state index contributed by atoms with van der Waals surface area (Å²) in [6.07, 6.45) is 0. The van der Waals surface area contributed by atoms with Crippen LogP contribution in [0.3, 0.4) is 0 Å². The molecule has 1 rings (SSSR count). The van der Waals surface area contributed by atoms with E-state index in [2.05, 4.69) is 0 Å². The van der Waals surface area contributed by atoms with Gasteiger partial charge in [-0.05, 0) is 23.6 Å². The van der Waals surface area contributed by atoms with E-state index in [0.717, 1.165) is 5.56 Å². The highest BCUT2D eigenvalue weighted by Gasteiger charge is 2.07. The number of phenols is 2. The number of hydrogen-bond donors (Lipinski definition) is 3. The van der Waals surface area contributed by atoms with Crippen LogP contribution in [0.5, 0.6) is 11.5 Å². The molecule has 4 N–H and O–H groups in total. The molecule has 0 saturated heterocycles. The Bertz CT molecular complexity index is 272. The Kier molecular flexibility index (Phi) is 2.13. The summed E-state index contributed by atoms with van der Waals surface area (Å²) >= 11 is 0. The van der Waals surface area contributed by atoms with Crippen molar-refractivity contribution in [3.63, 3.8) is 0 Å². The third kappa shape index (κ3) is 1.44. The normalized spacial score (nSPS) is 10.6. The van der Waals surface area contributed by atoms with Crippen LogP contribution in [0.2, 0.25) is 0 Å². The van der Waals surface area contributed by atoms with E-state index in [9.17, 15) is 5.11 Å². The summed E-state index contributed by atoms with van der Waals surface area (Å²) in [6, 6.07) is 3.19. The summed E-state index contributed by atoms with van der Waals surface area (Å²) in [4.78, 5) is 0. The van der Waals surface area contributed by atoms with E-state index >= 15 is 0 Å². The van der Waals surface area contributed by atoms with Crippen LogP contribution >= 0.6 is 0 Å². The zero-order valence-corrected chi connectivity index (χ0v) is 7.20. The van der Waals surface area contributed by atoms with Gasteiger partial charge < -0.3 is 15.9 Å². The molecule has 0 aliphatic rings. The molecule has 1 aromatic rings. The fourth-order valence-corrected chi connectivity index (χ4v) is 0.997. The summed E-state index contributed by atoms with van der Waals surface area (Å²) in [5.41, 5.74) is 6.59. The quantitative estimate of drug-likeness (QED) is 0.441. The van der Waals surface area contributed by atoms with Gasteiger partial charge in [-0.15, -0.1) is 0 Å². The lowest BCUT2D eigenvalue weighted by molar-refractivity contribution is 0.405. The van der Waals surface area contributed by atoms with Crippen molar-refractivity contribution in [2.24, 2.45) is 0 Å². The molecule has 0 aliphatic carbocycles. The van der Waals surface area contributed by atoms with Crippen LogP contribution in [0, 0.1) is 0 Å². The number of aromatic hydroxyl groups is 2. The Morgan fingerprint density at radius 3 is 2.25 bits per heavy atom. The van der Waals surface area contributed by atoms with Crippen LogP contribution in [0.15, 0.2) is 12.1 Å². The van der Waals surface area contributed by atoms with Crippen molar-refractivity contribution >= 4 is 5.69 Å². The van der Waals surface area contributed by atoms with E-state index in [1.54, 1.807) is 6.07 Å². The highest BCUT2D eigenvalue weighted by Crippen LogP contribution is 2.34. The van der Waals surface area contributed by atoms with E-state index in [0.29, 0.717) is 5.92 Å². The number of nitrogen functional groups attached to an aromatic ring is 1. The van der Waals surface area contributed by atoms with E-state index in [-0.39, 0.29) is 17.2 Å². The smallest absolute Gasteiger partial charge is 0.180 e. The maximum Gasteiger partial charge on any atom is 0.180 e. The van der Waals surface area contributed by atoms with Gasteiger partial charge in [0.15, 0.2) is 11.5 Å². The predicted molar refractivity (Wildman–Crippen MR) is 48.3 cm³/mol. The maximum atomic E-state index is 9.20. The molecule has 0 fully saturated rings. The molecule has 0 unspecified atom stereocenters. The molecule has 0 bridgehead atoms. The molecule has 0 radical (unpaired) electrons. The molecular weight excluding hydrogens is 154 g/mol. The van der Waals surface area contributed by atoms with Gasteiger partial charge in [-0.2, -0.15) is 0 Å². The second-order valence-electron chi connectivity index (χ2n) is 3.13. The zero-order chi connectivity index (χ0) is 9.30. The highest BCUT2D eigenvalue weighted by atomic mass is 16.3. The highest BCUT2D eigenvalue weighted by molar-refractivity contribution is 5.61. The summed E-state index contributed by atoms with van der Waals surface area (Å²) < 4.78 is 0. The lowest BCUT2D eigenvalue weighted by Crippen LogP contribution is -1.92. The van der Waals surface area contributed by atoms with Crippen molar-refractivity contribution in [1.29, 1.82) is 0 Å². The minimum absolute atomic E-state index is 0.154. The van der Waals surface area contributed by atoms with Gasteiger partial charge in [0, 0.05) is 0 Å². The van der Waals surface area contributed by atoms with Gasteiger partial charge in [0.05, 0.1) is 5.69 Å². The van der Waals surface area contributed by atoms with Gasteiger partial charge >= 0.3 is 0 Å². The number of phenolic OH excluding ortho intramolecular Hbond substituents is 2. The monoisotopic (exact) mass is 167 g/mol. The first-order chi connectivity index (χ1) is 5.52. The van der Waals surface area contributed by atoms with Gasteiger partial charge in [-0.25, -0.2) is 0 Å². The number of benzene rings is 1. The van der Waals surface area contributed by atoms with Crippen molar-refractivity contribution in [3.8, 4) is 11.5 Å². The van der Waals surface area contributed by atoms with Crippen LogP contribution in [0.25, 0.3) is 0 Å². The lowest BCUT2D eigenvalue weighted by Gasteiger charge is -2.08. The van der Waals surface area contributed by atoms with E-state index in [1.165, 1.54) is 6.07 Å². The molecule has 1 aromatic carbocycles. The fourth-order valence-electron chi connectivity index (χ4n) is 0.997. The molecule has 0 atom stereocenters.